The molecule has 0 aliphatic rings. The maximum absolute atomic E-state index is 7.17. The van der Waals surface area contributed by atoms with Gasteiger partial charge < -0.3 is 31.5 Å². The van der Waals surface area contributed by atoms with Crippen LogP contribution in [0.2, 0.25) is 0 Å². The Morgan fingerprint density at radius 1 is 0.750 bits per heavy atom. The van der Waals surface area contributed by atoms with Gasteiger partial charge in [-0.2, -0.15) is 0 Å². The van der Waals surface area contributed by atoms with Crippen LogP contribution in [0, 0.1) is 0 Å². The Kier molecular flexibility index (Phi) is 132. The second-order valence-electron chi connectivity index (χ2n) is 0.346. The third-order valence-corrected chi connectivity index (χ3v) is 0. The fourth-order valence-corrected chi connectivity index (χ4v) is 0. The first-order chi connectivity index (χ1) is 1.73. The molecule has 0 saturated heterocycles. The van der Waals surface area contributed by atoms with Gasteiger partial charge in [-0.1, -0.05) is 0 Å². The van der Waals surface area contributed by atoms with Crippen LogP contribution in [-0.4, -0.2) is 56.2 Å². The van der Waals surface area contributed by atoms with E-state index in [2.05, 4.69) is 0 Å². The molecule has 0 rings (SSSR count). The van der Waals surface area contributed by atoms with E-state index in [1.54, 1.807) is 0 Å². The van der Waals surface area contributed by atoms with Crippen LogP contribution in [0.1, 0.15) is 0 Å². The van der Waals surface area contributed by atoms with Crippen molar-refractivity contribution in [3.63, 3.8) is 0 Å². The summed E-state index contributed by atoms with van der Waals surface area (Å²) in [5.74, 6) is 0. The molecule has 0 bridgehead atoms. The Labute approximate surface area is 57.0 Å². The van der Waals surface area contributed by atoms with E-state index in [1.165, 1.54) is 0 Å². The predicted molar refractivity (Wildman–Crippen MR) is 33.2 cm³/mol. The summed E-state index contributed by atoms with van der Waals surface area (Å²) < 4.78 is 0. The van der Waals surface area contributed by atoms with Gasteiger partial charge in [-0.05, 0) is 0 Å². The van der Waals surface area contributed by atoms with Gasteiger partial charge in [0.2, 0.25) is 0 Å². The molecule has 0 saturated carbocycles. The zero-order chi connectivity index (χ0) is 3.58. The maximum atomic E-state index is 7.17. The van der Waals surface area contributed by atoms with Crippen LogP contribution in [0.4, 0.5) is 0 Å². The van der Waals surface area contributed by atoms with Crippen molar-refractivity contribution in [2.75, 3.05) is 0 Å². The first-order valence-corrected chi connectivity index (χ1v) is 0.775. The van der Waals surface area contributed by atoms with Crippen LogP contribution in [0.25, 0.3) is 0 Å². The highest BCUT2D eigenvalue weighted by Gasteiger charge is 1.92. The molecule has 8 heteroatoms. The smallest absolute Gasteiger partial charge is 0.412 e. The van der Waals surface area contributed by atoms with Crippen LogP contribution < -0.4 is 0 Å². The summed E-state index contributed by atoms with van der Waals surface area (Å²) in [6, 6.07) is 0. The average molecular weight is 146 g/mol. The third kappa shape index (κ3) is 1430. The molecule has 0 amide bonds. The molecule has 0 unspecified atom stereocenters. The fraction of sp³-hybridized carbons (Fsp3) is 0. The van der Waals surface area contributed by atoms with E-state index >= 15 is 0 Å². The summed E-state index contributed by atoms with van der Waals surface area (Å²) in [6.45, 7) is 0. The summed E-state index contributed by atoms with van der Waals surface area (Å²) in [7, 11) is -2.17. The van der Waals surface area contributed by atoms with Gasteiger partial charge in [-0.3, -0.25) is 0 Å². The van der Waals surface area contributed by atoms with Crippen molar-refractivity contribution in [3.8, 4) is 0 Å². The van der Waals surface area contributed by atoms with Crippen molar-refractivity contribution in [1.29, 1.82) is 0 Å². The zero-order valence-corrected chi connectivity index (χ0v) is 3.42. The Hall–Kier alpha value is 0.357. The first kappa shape index (κ1) is 40.1. The molecule has 6 nitrogen and oxygen atoms in total. The minimum absolute atomic E-state index is 0. The molecular weight excluding hydrogens is 134 g/mol. The molecule has 0 atom stereocenters. The Bertz CT molecular complexity index is 13.2. The van der Waals surface area contributed by atoms with Gasteiger partial charge in [0.05, 0.1) is 0 Å². The van der Waals surface area contributed by atoms with Crippen molar-refractivity contribution in [2.24, 2.45) is 0 Å². The quantitative estimate of drug-likeness (QED) is 0.291. The maximum Gasteiger partial charge on any atom is 0.631 e. The summed E-state index contributed by atoms with van der Waals surface area (Å²) in [4.78, 5) is 0. The van der Waals surface area contributed by atoms with E-state index in [1.807, 2.05) is 0 Å². The fourth-order valence-electron chi connectivity index (χ4n) is 0. The van der Waals surface area contributed by atoms with Crippen molar-refractivity contribution < 1.29 is 31.5 Å². The molecule has 0 aromatic carbocycles. The lowest BCUT2D eigenvalue weighted by molar-refractivity contribution is 0.278. The molecule has 0 aromatic rings. The average Bonchev–Trinajstić information content (AvgIpc) is 0.811. The minimum atomic E-state index is -2.17. The van der Waals surface area contributed by atoms with Gasteiger partial charge in [0.1, 0.15) is 0 Å². The standard InChI is InChI=1S/Al.BH3O3.3H2O.3H/c;2-1(3)4;;;;;;/h;2-4H;3*1H2;;;. The molecule has 0 aliphatic heterocycles. The van der Waals surface area contributed by atoms with Gasteiger partial charge in [0.25, 0.3) is 0 Å². The Morgan fingerprint density at radius 2 is 0.750 bits per heavy atom. The Morgan fingerprint density at radius 3 is 0.750 bits per heavy atom. The van der Waals surface area contributed by atoms with E-state index in [0.29, 0.717) is 0 Å². The van der Waals surface area contributed by atoms with Gasteiger partial charge in [0.15, 0.2) is 17.4 Å². The highest BCUT2D eigenvalue weighted by Crippen LogP contribution is 1.40. The summed E-state index contributed by atoms with van der Waals surface area (Å²) >= 11 is 0. The number of hydrogen-bond acceptors (Lipinski definition) is 3. The van der Waals surface area contributed by atoms with Crippen LogP contribution >= 0.6 is 0 Å². The normalized spacial score (nSPS) is 3.38. The molecule has 54 valence electrons. The first-order valence-electron chi connectivity index (χ1n) is 0.775. The van der Waals surface area contributed by atoms with Crippen molar-refractivity contribution in [1.82, 2.24) is 0 Å². The van der Waals surface area contributed by atoms with E-state index in [-0.39, 0.29) is 33.8 Å². The van der Waals surface area contributed by atoms with Gasteiger partial charge in [0, 0.05) is 0 Å². The van der Waals surface area contributed by atoms with Crippen molar-refractivity contribution in [3.05, 3.63) is 0 Å². The number of rotatable bonds is 0. The van der Waals surface area contributed by atoms with E-state index in [9.17, 15) is 0 Å². The van der Waals surface area contributed by atoms with E-state index in [4.69, 9.17) is 15.1 Å². The molecule has 0 heterocycles. The topological polar surface area (TPSA) is 155 Å². The van der Waals surface area contributed by atoms with Crippen molar-refractivity contribution >= 4 is 24.7 Å². The molecule has 0 spiro atoms. The summed E-state index contributed by atoms with van der Waals surface area (Å²) in [5.41, 5.74) is 0. The second-order valence-corrected chi connectivity index (χ2v) is 0.346. The van der Waals surface area contributed by atoms with Crippen LogP contribution in [0.5, 0.6) is 0 Å². The van der Waals surface area contributed by atoms with Gasteiger partial charge in [-0.25, -0.2) is 0 Å². The largest absolute Gasteiger partial charge is 0.631 e. The zero-order valence-electron chi connectivity index (χ0n) is 3.42. The van der Waals surface area contributed by atoms with Crippen LogP contribution in [0.3, 0.4) is 0 Å². The molecule has 0 aromatic heterocycles. The molecule has 0 fully saturated rings. The SMILES string of the molecule is O.O.O.OB(O)O.[AlH3]. The van der Waals surface area contributed by atoms with Crippen LogP contribution in [0.15, 0.2) is 0 Å². The monoisotopic (exact) mass is 146 g/mol. The van der Waals surface area contributed by atoms with Crippen molar-refractivity contribution in [2.45, 2.75) is 0 Å². The Balaban J connectivity index is -0.00000000750. The minimum Gasteiger partial charge on any atom is -0.412 e. The summed E-state index contributed by atoms with van der Waals surface area (Å²) in [6.07, 6.45) is 0. The molecule has 0 aliphatic carbocycles. The number of hydrogen-bond donors (Lipinski definition) is 3. The third-order valence-electron chi connectivity index (χ3n) is 0. The van der Waals surface area contributed by atoms with Crippen LogP contribution in [-0.2, 0) is 0 Å². The summed E-state index contributed by atoms with van der Waals surface area (Å²) in [5, 5.41) is 21.5. The highest BCUT2D eigenvalue weighted by molar-refractivity contribution is 6.30. The molecule has 0 radical (unpaired) electrons. The van der Waals surface area contributed by atoms with E-state index in [0.717, 1.165) is 0 Å². The van der Waals surface area contributed by atoms with E-state index < -0.39 is 7.32 Å². The lowest BCUT2D eigenvalue weighted by atomic mass is 10.3. The molecule has 8 heavy (non-hydrogen) atoms. The lowest BCUT2D eigenvalue weighted by Gasteiger charge is -1.69. The highest BCUT2D eigenvalue weighted by atomic mass is 27.0. The molecular formula is H12AlBO6. The van der Waals surface area contributed by atoms with Gasteiger partial charge >= 0.3 is 7.32 Å². The molecule has 9 N–H and O–H groups in total. The predicted octanol–water partition coefficient (Wildman–Crippen LogP) is -5.71. The van der Waals surface area contributed by atoms with Gasteiger partial charge in [-0.15, -0.1) is 0 Å². The lowest BCUT2D eigenvalue weighted by Crippen LogP contribution is -2.07. The second kappa shape index (κ2) is 26.4.